The molecule has 20 heavy (non-hydrogen) atoms. The van der Waals surface area contributed by atoms with Gasteiger partial charge in [0, 0.05) is 24.2 Å². The molecule has 2 aromatic rings. The highest BCUT2D eigenvalue weighted by Crippen LogP contribution is 2.15. The summed E-state index contributed by atoms with van der Waals surface area (Å²) in [5.74, 6) is 0.774. The third kappa shape index (κ3) is 3.92. The maximum Gasteiger partial charge on any atom is 0.127 e. The van der Waals surface area contributed by atoms with Gasteiger partial charge in [-0.3, -0.25) is 4.90 Å². The molecule has 0 fully saturated rings. The molecule has 0 aliphatic heterocycles. The van der Waals surface area contributed by atoms with Gasteiger partial charge in [-0.1, -0.05) is 25.1 Å². The van der Waals surface area contributed by atoms with Crippen LogP contribution in [0.4, 0.5) is 4.39 Å². The van der Waals surface area contributed by atoms with Crippen LogP contribution in [0.15, 0.2) is 41.0 Å². The molecule has 1 aromatic carbocycles. The van der Waals surface area contributed by atoms with E-state index in [2.05, 4.69) is 12.2 Å². The lowest BCUT2D eigenvalue weighted by molar-refractivity contribution is 0.282. The van der Waals surface area contributed by atoms with Gasteiger partial charge in [0.15, 0.2) is 0 Å². The van der Waals surface area contributed by atoms with Gasteiger partial charge in [-0.15, -0.1) is 0 Å². The van der Waals surface area contributed by atoms with Crippen LogP contribution in [0.2, 0.25) is 0 Å². The van der Waals surface area contributed by atoms with E-state index >= 15 is 0 Å². The number of halogens is 1. The lowest BCUT2D eigenvalue weighted by Gasteiger charge is -2.16. The van der Waals surface area contributed by atoms with Gasteiger partial charge in [-0.2, -0.15) is 0 Å². The first kappa shape index (κ1) is 14.8. The van der Waals surface area contributed by atoms with Crippen LogP contribution in [0.3, 0.4) is 0 Å². The Balaban J connectivity index is 1.96. The largest absolute Gasteiger partial charge is 0.468 e. The van der Waals surface area contributed by atoms with E-state index < -0.39 is 0 Å². The molecule has 4 heteroatoms. The van der Waals surface area contributed by atoms with E-state index in [1.165, 1.54) is 6.07 Å². The van der Waals surface area contributed by atoms with Gasteiger partial charge >= 0.3 is 0 Å². The fourth-order valence-electron chi connectivity index (χ4n) is 2.14. The Hall–Kier alpha value is -1.65. The monoisotopic (exact) mass is 276 g/mol. The smallest absolute Gasteiger partial charge is 0.127 e. The van der Waals surface area contributed by atoms with Crippen molar-refractivity contribution in [2.75, 3.05) is 13.6 Å². The maximum atomic E-state index is 13.6. The predicted molar refractivity (Wildman–Crippen MR) is 77.7 cm³/mol. The Morgan fingerprint density at radius 3 is 2.70 bits per heavy atom. The van der Waals surface area contributed by atoms with Crippen LogP contribution in [0.25, 0.3) is 0 Å². The fraction of sp³-hybridized carbons (Fsp3) is 0.375. The average molecular weight is 276 g/mol. The third-order valence-corrected chi connectivity index (χ3v) is 3.21. The van der Waals surface area contributed by atoms with Gasteiger partial charge in [-0.25, -0.2) is 4.39 Å². The molecular formula is C16H21FN2O. The average Bonchev–Trinajstić information content (AvgIpc) is 2.86. The number of hydrogen-bond donors (Lipinski definition) is 1. The van der Waals surface area contributed by atoms with Crippen molar-refractivity contribution in [1.82, 2.24) is 10.2 Å². The van der Waals surface area contributed by atoms with E-state index in [-0.39, 0.29) is 5.82 Å². The number of rotatable bonds is 7. The third-order valence-electron chi connectivity index (χ3n) is 3.21. The zero-order valence-electron chi connectivity index (χ0n) is 12.0. The second kappa shape index (κ2) is 7.22. The molecule has 2 rings (SSSR count). The standard InChI is InChI=1S/C16H21FN2O/c1-3-18-10-13-8-9-20-16(13)12-19(2)11-14-6-4-5-7-15(14)17/h4-9,18H,3,10-12H2,1-2H3. The number of nitrogens with zero attached hydrogens (tertiary/aromatic N) is 1. The molecule has 1 N–H and O–H groups in total. The van der Waals surface area contributed by atoms with Gasteiger partial charge in [-0.05, 0) is 25.7 Å². The second-order valence-electron chi connectivity index (χ2n) is 4.91. The highest BCUT2D eigenvalue weighted by atomic mass is 19.1. The summed E-state index contributed by atoms with van der Waals surface area (Å²) in [6, 6.07) is 8.85. The molecule has 0 saturated carbocycles. The molecule has 3 nitrogen and oxygen atoms in total. The molecule has 0 bridgehead atoms. The first-order valence-corrected chi connectivity index (χ1v) is 6.88. The molecule has 0 amide bonds. The minimum absolute atomic E-state index is 0.160. The summed E-state index contributed by atoms with van der Waals surface area (Å²) in [4.78, 5) is 2.05. The Labute approximate surface area is 119 Å². The number of hydrogen-bond acceptors (Lipinski definition) is 3. The number of benzene rings is 1. The summed E-state index contributed by atoms with van der Waals surface area (Å²) in [7, 11) is 1.96. The van der Waals surface area contributed by atoms with Crippen molar-refractivity contribution in [2.24, 2.45) is 0 Å². The topological polar surface area (TPSA) is 28.4 Å². The van der Waals surface area contributed by atoms with E-state index in [1.807, 2.05) is 30.1 Å². The van der Waals surface area contributed by atoms with Crippen molar-refractivity contribution in [3.63, 3.8) is 0 Å². The molecule has 0 radical (unpaired) electrons. The number of nitrogens with one attached hydrogen (secondary N) is 1. The van der Waals surface area contributed by atoms with E-state index in [1.54, 1.807) is 12.3 Å². The van der Waals surface area contributed by atoms with Crippen molar-refractivity contribution < 1.29 is 8.81 Å². The van der Waals surface area contributed by atoms with Gasteiger partial charge in [0.25, 0.3) is 0 Å². The van der Waals surface area contributed by atoms with Crippen LogP contribution in [-0.4, -0.2) is 18.5 Å². The maximum absolute atomic E-state index is 13.6. The fourth-order valence-corrected chi connectivity index (χ4v) is 2.14. The molecule has 1 aromatic heterocycles. The number of furan rings is 1. The molecule has 0 spiro atoms. The first-order valence-electron chi connectivity index (χ1n) is 6.88. The minimum Gasteiger partial charge on any atom is -0.468 e. The van der Waals surface area contributed by atoms with Crippen LogP contribution >= 0.6 is 0 Å². The SMILES string of the molecule is CCNCc1ccoc1CN(C)Cc1ccccc1F. The Bertz CT molecular complexity index is 539. The van der Waals surface area contributed by atoms with Gasteiger partial charge in [0.2, 0.25) is 0 Å². The Kier molecular flexibility index (Phi) is 5.32. The summed E-state index contributed by atoms with van der Waals surface area (Å²) < 4.78 is 19.1. The van der Waals surface area contributed by atoms with E-state index in [0.29, 0.717) is 18.7 Å². The molecule has 0 aliphatic carbocycles. The van der Waals surface area contributed by atoms with Gasteiger partial charge < -0.3 is 9.73 Å². The zero-order chi connectivity index (χ0) is 14.4. The first-order chi connectivity index (χ1) is 9.70. The lowest BCUT2D eigenvalue weighted by atomic mass is 10.2. The molecule has 108 valence electrons. The van der Waals surface area contributed by atoms with Crippen molar-refractivity contribution in [1.29, 1.82) is 0 Å². The lowest BCUT2D eigenvalue weighted by Crippen LogP contribution is -2.19. The van der Waals surface area contributed by atoms with E-state index in [0.717, 1.165) is 24.4 Å². The van der Waals surface area contributed by atoms with Gasteiger partial charge in [0.1, 0.15) is 11.6 Å². The quantitative estimate of drug-likeness (QED) is 0.842. The van der Waals surface area contributed by atoms with Gasteiger partial charge in [0.05, 0.1) is 12.8 Å². The molecule has 0 unspecified atom stereocenters. The van der Waals surface area contributed by atoms with Crippen molar-refractivity contribution in [2.45, 2.75) is 26.6 Å². The highest BCUT2D eigenvalue weighted by Gasteiger charge is 2.11. The normalized spacial score (nSPS) is 11.2. The van der Waals surface area contributed by atoms with Crippen molar-refractivity contribution in [3.8, 4) is 0 Å². The van der Waals surface area contributed by atoms with Crippen LogP contribution in [0.1, 0.15) is 23.8 Å². The summed E-state index contributed by atoms with van der Waals surface area (Å²) in [6.07, 6.45) is 1.71. The summed E-state index contributed by atoms with van der Waals surface area (Å²) >= 11 is 0. The second-order valence-corrected chi connectivity index (χ2v) is 4.91. The Morgan fingerprint density at radius 2 is 1.95 bits per heavy atom. The van der Waals surface area contributed by atoms with Crippen LogP contribution in [0.5, 0.6) is 0 Å². The molecule has 0 aliphatic rings. The molecule has 0 saturated heterocycles. The molecule has 1 heterocycles. The summed E-state index contributed by atoms with van der Waals surface area (Å²) in [5.41, 5.74) is 1.86. The molecule has 0 atom stereocenters. The zero-order valence-corrected chi connectivity index (χ0v) is 12.0. The van der Waals surface area contributed by atoms with Crippen molar-refractivity contribution >= 4 is 0 Å². The predicted octanol–water partition coefficient (Wildman–Crippen LogP) is 3.16. The van der Waals surface area contributed by atoms with Crippen LogP contribution in [-0.2, 0) is 19.6 Å². The Morgan fingerprint density at radius 1 is 1.15 bits per heavy atom. The summed E-state index contributed by atoms with van der Waals surface area (Å²) in [6.45, 7) is 5.03. The minimum atomic E-state index is -0.160. The summed E-state index contributed by atoms with van der Waals surface area (Å²) in [5, 5.41) is 3.28. The van der Waals surface area contributed by atoms with Crippen LogP contribution < -0.4 is 5.32 Å². The van der Waals surface area contributed by atoms with E-state index in [9.17, 15) is 4.39 Å². The van der Waals surface area contributed by atoms with E-state index in [4.69, 9.17) is 4.42 Å². The van der Waals surface area contributed by atoms with Crippen LogP contribution in [0, 0.1) is 5.82 Å². The van der Waals surface area contributed by atoms with Crippen molar-refractivity contribution in [3.05, 3.63) is 59.3 Å². The highest BCUT2D eigenvalue weighted by molar-refractivity contribution is 5.19. The molecular weight excluding hydrogens is 255 g/mol.